The fourth-order valence-electron chi connectivity index (χ4n) is 27.3. The molecule has 2 aromatic carbocycles. The number of thioether (sulfide) groups is 2. The van der Waals surface area contributed by atoms with E-state index in [9.17, 15) is 28.8 Å². The topological polar surface area (TPSA) is 280 Å². The van der Waals surface area contributed by atoms with E-state index in [0.717, 1.165) is 171 Å². The third-order valence-electron chi connectivity index (χ3n) is 33.1. The van der Waals surface area contributed by atoms with Gasteiger partial charge in [-0.25, -0.2) is 19.0 Å². The number of carbonyl (C=O) groups excluding carboxylic acids is 6. The first-order chi connectivity index (χ1) is 55.1. The average molecular weight is 1600 g/mol. The summed E-state index contributed by atoms with van der Waals surface area (Å²) in [6.45, 7) is 17.1. The Morgan fingerprint density at radius 1 is 0.526 bits per heavy atom. The molecule has 12 fully saturated rings. The van der Waals surface area contributed by atoms with Gasteiger partial charge in [0, 0.05) is 80.9 Å². The maximum absolute atomic E-state index is 13.8. The number of nitrogens with zero attached hydrogens (tertiary/aromatic N) is 7. The number of rotatable bonds is 30. The van der Waals surface area contributed by atoms with E-state index in [1.807, 2.05) is 35.9 Å². The smallest absolute Gasteiger partial charge is 0.328 e. The molecule has 4 aliphatic heterocycles. The number of hydrogen-bond donors (Lipinski definition) is 5. The fourth-order valence-corrected chi connectivity index (χ4v) is 30.3. The zero-order valence-electron chi connectivity index (χ0n) is 68.6. The standard InChI is InChI=1S/C90H128N12O10S2/c1-53(15-29-79(103)109-41-11-7-9-13-77-83-73(51-113-77)92-85(107)94-83)65-25-27-67-63-23-19-57-45-59(31-35-87(57,3)69(63)33-37-89(65,67)5)111-81(105)49-100-47-71(96-98-100)55-17-21-61-62-22-18-56(44-76(62)102(40-39-91)75(61)43-55)72-48-101(99-97-72)50-82(106)112-60-32-36-88(4)58(46-60)20-24-64-68-28-26-66(90(68,6)38-34-70(64)88)54(2)16-30-80(104)110-42-12-8-10-14-78-84-74(52-114-78)93-86(108)95-84/h17-18,21-22,43-44,47-48,53-54,57-60,63-70,73-74,77-78,83-84H,7-16,19-20,23-42,45-46,49-52,91H2,1-6H3,(H2,92,94,107)(H2,93,95,108)/t53-,54-,57-,58-,59-,60-,63+,64+,65?,66?,67+,68+,69?,70?,73+,74+,77?,78?,83+,84+,87?,88?,89?,90?/m1/s1. The molecule has 5 aromatic rings. The number of urea groups is 2. The number of esters is 4. The summed E-state index contributed by atoms with van der Waals surface area (Å²) in [7, 11) is 0. The molecule has 8 saturated carbocycles. The SMILES string of the molecule is C[C@H](CCC(=O)OCCCCCC1SC[C@@H]2NC(=O)N[C@H]12)C1CC[C@H]2[C@@H]3CC[C@@H]4C[C@H](OC(=O)Cn5cc(-c6ccc7c8ccc(-c9cn(CC(=O)O[C@@H]%10CCC%11(C)C%12CCC%13(C)C([C@H](C)CCC(=O)OCCCCCC%14SC[C@@H]%15NC(=O)N[C@H]%14%15)CC[C@H]%13[C@@H]%12CC[C@@H]%11C%10)nn9)cc8n(CCN)c7c6)nn5)CCC4(C)C3CCC12C. The predicted molar refractivity (Wildman–Crippen MR) is 443 cm³/mol. The first-order valence-corrected chi connectivity index (χ1v) is 46.9. The van der Waals surface area contributed by atoms with Crippen LogP contribution in [0, 0.1) is 92.7 Å². The Kier molecular flexibility index (Phi) is 23.5. The number of hydrogen-bond acceptors (Lipinski definition) is 17. The molecule has 7 heterocycles. The monoisotopic (exact) mass is 1600 g/mol. The Bertz CT molecular complexity index is 4070. The molecule has 10 unspecified atom stereocenters. The van der Waals surface area contributed by atoms with Crippen molar-refractivity contribution in [3.8, 4) is 22.5 Å². The summed E-state index contributed by atoms with van der Waals surface area (Å²) >= 11 is 3.91. The lowest BCUT2D eigenvalue weighted by atomic mass is 9.44. The van der Waals surface area contributed by atoms with Gasteiger partial charge in [0.25, 0.3) is 0 Å². The van der Waals surface area contributed by atoms with Crippen molar-refractivity contribution in [1.82, 2.24) is 55.8 Å². The number of fused-ring (bicyclic) bond motifs is 15. The molecule has 24 atom stereocenters. The van der Waals surface area contributed by atoms with Crippen LogP contribution in [-0.4, -0.2) is 149 Å². The second-order valence-electron chi connectivity index (χ2n) is 39.0. The van der Waals surface area contributed by atoms with Crippen molar-refractivity contribution in [3.63, 3.8) is 0 Å². The van der Waals surface area contributed by atoms with Gasteiger partial charge in [0.15, 0.2) is 0 Å². The van der Waals surface area contributed by atoms with Crippen LogP contribution in [0.4, 0.5) is 9.59 Å². The average Bonchev–Trinajstić information content (AvgIpc) is 1.39. The van der Waals surface area contributed by atoms with Gasteiger partial charge in [-0.1, -0.05) is 102 Å². The van der Waals surface area contributed by atoms with Crippen molar-refractivity contribution in [2.24, 2.45) is 98.4 Å². The third-order valence-corrected chi connectivity index (χ3v) is 36.1. The zero-order chi connectivity index (χ0) is 78.8. The van der Waals surface area contributed by atoms with E-state index in [1.54, 1.807) is 9.36 Å². The second-order valence-corrected chi connectivity index (χ2v) is 41.5. The Morgan fingerprint density at radius 3 is 1.41 bits per heavy atom. The van der Waals surface area contributed by atoms with E-state index in [2.05, 4.69) is 124 Å². The fraction of sp³-hybridized carbons (Fsp3) is 0.756. The lowest BCUT2D eigenvalue weighted by Gasteiger charge is -2.61. The molecule has 4 saturated heterocycles. The van der Waals surface area contributed by atoms with Crippen LogP contribution in [0.5, 0.6) is 0 Å². The highest BCUT2D eigenvalue weighted by atomic mass is 32.2. The first kappa shape index (κ1) is 80.0. The molecule has 114 heavy (non-hydrogen) atoms. The van der Waals surface area contributed by atoms with E-state index < -0.39 is 0 Å². The third kappa shape index (κ3) is 15.8. The number of amides is 4. The van der Waals surface area contributed by atoms with E-state index in [1.165, 1.54) is 77.0 Å². The van der Waals surface area contributed by atoms with E-state index >= 15 is 0 Å². The molecule has 17 rings (SSSR count). The van der Waals surface area contributed by atoms with Gasteiger partial charge in [0.05, 0.1) is 49.8 Å². The molecule has 6 N–H and O–H groups in total. The second kappa shape index (κ2) is 33.4. The molecular weight excluding hydrogens is 1470 g/mol. The number of nitrogens with one attached hydrogen (secondary N) is 4. The van der Waals surface area contributed by atoms with E-state index in [0.29, 0.717) is 119 Å². The maximum atomic E-state index is 13.8. The number of nitrogens with two attached hydrogens (primary N) is 1. The summed E-state index contributed by atoms with van der Waals surface area (Å²) < 4.78 is 29.7. The predicted octanol–water partition coefficient (Wildman–Crippen LogP) is 15.8. The number of benzene rings is 2. The highest BCUT2D eigenvalue weighted by molar-refractivity contribution is 8.00. The molecule has 4 amide bonds. The summed E-state index contributed by atoms with van der Waals surface area (Å²) in [6.07, 6.45) is 35.3. The molecule has 8 aliphatic carbocycles. The van der Waals surface area contributed by atoms with Crippen molar-refractivity contribution in [3.05, 3.63) is 48.8 Å². The molecule has 3 aromatic heterocycles. The highest BCUT2D eigenvalue weighted by Gasteiger charge is 2.63. The van der Waals surface area contributed by atoms with Crippen LogP contribution in [-0.2, 0) is 57.8 Å². The van der Waals surface area contributed by atoms with E-state index in [4.69, 9.17) is 24.7 Å². The Hall–Kier alpha value is -6.40. The van der Waals surface area contributed by atoms with Gasteiger partial charge < -0.3 is 50.5 Å². The van der Waals surface area contributed by atoms with Crippen molar-refractivity contribution < 1.29 is 47.7 Å². The van der Waals surface area contributed by atoms with Gasteiger partial charge in [-0.15, -0.1) is 10.2 Å². The van der Waals surface area contributed by atoms with Crippen LogP contribution in [0.2, 0.25) is 0 Å². The van der Waals surface area contributed by atoms with Crippen LogP contribution < -0.4 is 27.0 Å². The van der Waals surface area contributed by atoms with Crippen LogP contribution in [0.15, 0.2) is 48.8 Å². The first-order valence-electron chi connectivity index (χ1n) is 44.8. The van der Waals surface area contributed by atoms with Crippen LogP contribution in [0.25, 0.3) is 44.3 Å². The largest absolute Gasteiger partial charge is 0.466 e. The zero-order valence-corrected chi connectivity index (χ0v) is 70.3. The van der Waals surface area contributed by atoms with Crippen molar-refractivity contribution in [2.45, 2.75) is 301 Å². The number of unbranched alkanes of at least 4 members (excludes halogenated alkanes) is 4. The Morgan fingerprint density at radius 2 is 0.965 bits per heavy atom. The van der Waals surface area contributed by atoms with Crippen LogP contribution in [0.1, 0.15) is 234 Å². The van der Waals surface area contributed by atoms with Crippen molar-refractivity contribution in [1.29, 1.82) is 0 Å². The lowest BCUT2D eigenvalue weighted by molar-refractivity contribution is -0.164. The number of aromatic nitrogens is 7. The molecule has 24 heteroatoms. The quantitative estimate of drug-likeness (QED) is 0.0124. The summed E-state index contributed by atoms with van der Waals surface area (Å²) in [5.41, 5.74) is 12.6. The summed E-state index contributed by atoms with van der Waals surface area (Å²) in [4.78, 5) is 77.2. The minimum absolute atomic E-state index is 0.00689. The molecular formula is C90H128N12O10S2. The van der Waals surface area contributed by atoms with E-state index in [-0.39, 0.29) is 96.2 Å². The minimum Gasteiger partial charge on any atom is -0.466 e. The van der Waals surface area contributed by atoms with Gasteiger partial charge in [-0.3, -0.25) is 19.2 Å². The number of carbonyl (C=O) groups is 6. The molecule has 0 bridgehead atoms. The molecule has 620 valence electrons. The summed E-state index contributed by atoms with van der Waals surface area (Å²) in [6, 6.07) is 13.6. The van der Waals surface area contributed by atoms with Crippen molar-refractivity contribution >= 4 is 81.3 Å². The normalized spacial score (nSPS) is 36.2. The molecule has 22 nitrogen and oxygen atoms in total. The van der Waals surface area contributed by atoms with Gasteiger partial charge in [-0.2, -0.15) is 23.5 Å². The molecule has 12 aliphatic rings. The Balaban J connectivity index is 0.441. The van der Waals surface area contributed by atoms with Crippen LogP contribution in [0.3, 0.4) is 0 Å². The summed E-state index contributed by atoms with van der Waals surface area (Å²) in [5.74, 6) is 8.92. The van der Waals surface area contributed by atoms with Gasteiger partial charge in [0.1, 0.15) is 36.7 Å². The summed E-state index contributed by atoms with van der Waals surface area (Å²) in [5, 5.41) is 33.4. The Labute approximate surface area is 682 Å². The van der Waals surface area contributed by atoms with Crippen molar-refractivity contribution in [2.75, 3.05) is 31.3 Å². The number of ether oxygens (including phenoxy) is 4. The minimum atomic E-state index is -0.275. The van der Waals surface area contributed by atoms with Crippen LogP contribution >= 0.6 is 23.5 Å². The molecule has 0 radical (unpaired) electrons. The van der Waals surface area contributed by atoms with Gasteiger partial charge >= 0.3 is 35.9 Å². The lowest BCUT2D eigenvalue weighted by Crippen LogP contribution is -2.54. The molecule has 0 spiro atoms. The highest BCUT2D eigenvalue weighted by Crippen LogP contribution is 2.71. The van der Waals surface area contributed by atoms with Gasteiger partial charge in [0.2, 0.25) is 0 Å². The van der Waals surface area contributed by atoms with Gasteiger partial charge in [-0.05, 0) is 259 Å². The maximum Gasteiger partial charge on any atom is 0.328 e.